The molecule has 0 rings (SSSR count). The largest absolute Gasteiger partial charge is 0.383 e. The van der Waals surface area contributed by atoms with Crippen LogP contribution in [0, 0.1) is 0 Å². The molecule has 7 heteroatoms. The molecule has 2 N–H and O–H groups in total. The van der Waals surface area contributed by atoms with E-state index in [0.717, 1.165) is 0 Å². The van der Waals surface area contributed by atoms with E-state index < -0.39 is 0 Å². The predicted molar refractivity (Wildman–Crippen MR) is 75.4 cm³/mol. The monoisotopic (exact) mass is 274 g/mol. The summed E-state index contributed by atoms with van der Waals surface area (Å²) in [5, 5.41) is 6.17. The number of nitrogens with zero attached hydrogens (tertiary/aromatic N) is 2. The van der Waals surface area contributed by atoms with Crippen molar-refractivity contribution >= 4 is 11.9 Å². The third-order valence-electron chi connectivity index (χ3n) is 2.21. The zero-order chi connectivity index (χ0) is 14.5. The van der Waals surface area contributed by atoms with Crippen LogP contribution in [0.5, 0.6) is 0 Å². The van der Waals surface area contributed by atoms with Gasteiger partial charge in [0.25, 0.3) is 0 Å². The molecule has 0 saturated heterocycles. The van der Waals surface area contributed by atoms with Gasteiger partial charge in [0.1, 0.15) is 6.54 Å². The highest BCUT2D eigenvalue weighted by atomic mass is 16.5. The van der Waals surface area contributed by atoms with Crippen LogP contribution in [0.2, 0.25) is 0 Å². The first kappa shape index (κ1) is 17.7. The van der Waals surface area contributed by atoms with E-state index in [1.165, 1.54) is 4.90 Å². The average molecular weight is 274 g/mol. The maximum Gasteiger partial charge on any atom is 0.243 e. The van der Waals surface area contributed by atoms with Gasteiger partial charge in [-0.25, -0.2) is 4.99 Å². The van der Waals surface area contributed by atoms with Gasteiger partial charge < -0.3 is 25.0 Å². The molecule has 0 spiro atoms. The standard InChI is InChI=1S/C12H26N4O3/c1-5-19-9-7-14-12(13-6-8-18-4)15-10-11(17)16(2)3/h5-10H2,1-4H3,(H2,13,14,15). The second-order valence-corrected chi connectivity index (χ2v) is 4.00. The zero-order valence-electron chi connectivity index (χ0n) is 12.4. The molecule has 7 nitrogen and oxygen atoms in total. The molecular formula is C12H26N4O3. The maximum atomic E-state index is 11.5. The fraction of sp³-hybridized carbons (Fsp3) is 0.833. The number of aliphatic imine (C=N–C) groups is 1. The van der Waals surface area contributed by atoms with Crippen LogP contribution in [0.3, 0.4) is 0 Å². The number of carbonyl (C=O) groups is 1. The highest BCUT2D eigenvalue weighted by Gasteiger charge is 2.04. The van der Waals surface area contributed by atoms with Crippen molar-refractivity contribution in [3.05, 3.63) is 0 Å². The Morgan fingerprint density at radius 3 is 2.37 bits per heavy atom. The molecule has 0 aliphatic rings. The SMILES string of the molecule is CCOCCNC(=NCC(=O)N(C)C)NCCOC. The molecular weight excluding hydrogens is 248 g/mol. The summed E-state index contributed by atoms with van der Waals surface area (Å²) in [6, 6.07) is 0. The van der Waals surface area contributed by atoms with E-state index in [1.54, 1.807) is 21.2 Å². The highest BCUT2D eigenvalue weighted by molar-refractivity contribution is 5.84. The molecule has 0 aromatic rings. The molecule has 0 bridgehead atoms. The fourth-order valence-electron chi connectivity index (χ4n) is 1.12. The Kier molecular flexibility index (Phi) is 10.9. The number of carbonyl (C=O) groups excluding carboxylic acids is 1. The Labute approximate surface area is 115 Å². The molecule has 0 unspecified atom stereocenters. The van der Waals surface area contributed by atoms with Crippen molar-refractivity contribution in [3.63, 3.8) is 0 Å². The second-order valence-electron chi connectivity index (χ2n) is 4.00. The van der Waals surface area contributed by atoms with Gasteiger partial charge in [-0.05, 0) is 6.92 Å². The van der Waals surface area contributed by atoms with Gasteiger partial charge in [-0.15, -0.1) is 0 Å². The number of hydrogen-bond donors (Lipinski definition) is 2. The fourth-order valence-corrected chi connectivity index (χ4v) is 1.12. The lowest BCUT2D eigenvalue weighted by Gasteiger charge is -2.13. The predicted octanol–water partition coefficient (Wildman–Crippen LogP) is -0.707. The lowest BCUT2D eigenvalue weighted by molar-refractivity contribution is -0.127. The van der Waals surface area contributed by atoms with Crippen molar-refractivity contribution < 1.29 is 14.3 Å². The van der Waals surface area contributed by atoms with Gasteiger partial charge >= 0.3 is 0 Å². The van der Waals surface area contributed by atoms with Gasteiger partial charge in [-0.2, -0.15) is 0 Å². The first-order chi connectivity index (χ1) is 9.11. The van der Waals surface area contributed by atoms with E-state index in [9.17, 15) is 4.79 Å². The summed E-state index contributed by atoms with van der Waals surface area (Å²) >= 11 is 0. The molecule has 0 heterocycles. The molecule has 0 aromatic heterocycles. The molecule has 112 valence electrons. The molecule has 19 heavy (non-hydrogen) atoms. The van der Waals surface area contributed by atoms with Crippen LogP contribution in [-0.2, 0) is 14.3 Å². The van der Waals surface area contributed by atoms with Gasteiger partial charge in [-0.3, -0.25) is 4.79 Å². The minimum Gasteiger partial charge on any atom is -0.383 e. The maximum absolute atomic E-state index is 11.5. The summed E-state index contributed by atoms with van der Waals surface area (Å²) in [5.41, 5.74) is 0. The number of guanidine groups is 1. The van der Waals surface area contributed by atoms with Crippen molar-refractivity contribution in [3.8, 4) is 0 Å². The van der Waals surface area contributed by atoms with Gasteiger partial charge in [0, 0.05) is 40.9 Å². The summed E-state index contributed by atoms with van der Waals surface area (Å²) in [5.74, 6) is 0.546. The Balaban J connectivity index is 4.14. The third-order valence-corrected chi connectivity index (χ3v) is 2.21. The topological polar surface area (TPSA) is 75.2 Å². The zero-order valence-corrected chi connectivity index (χ0v) is 12.4. The van der Waals surface area contributed by atoms with Crippen molar-refractivity contribution in [1.82, 2.24) is 15.5 Å². The number of amides is 1. The van der Waals surface area contributed by atoms with Crippen molar-refractivity contribution in [2.45, 2.75) is 6.92 Å². The van der Waals surface area contributed by atoms with E-state index in [-0.39, 0.29) is 12.5 Å². The van der Waals surface area contributed by atoms with E-state index in [1.807, 2.05) is 6.92 Å². The Morgan fingerprint density at radius 1 is 1.21 bits per heavy atom. The minimum atomic E-state index is -0.0438. The number of rotatable bonds is 9. The molecule has 0 fully saturated rings. The van der Waals surface area contributed by atoms with Crippen LogP contribution in [0.4, 0.5) is 0 Å². The van der Waals surface area contributed by atoms with Crippen molar-refractivity contribution in [2.24, 2.45) is 4.99 Å². The molecule has 0 atom stereocenters. The molecule has 1 amide bonds. The molecule has 0 radical (unpaired) electrons. The normalized spacial score (nSPS) is 11.3. The summed E-state index contributed by atoms with van der Waals surface area (Å²) in [7, 11) is 5.05. The Hall–Kier alpha value is -1.34. The van der Waals surface area contributed by atoms with Crippen LogP contribution in [0.15, 0.2) is 4.99 Å². The lowest BCUT2D eigenvalue weighted by Crippen LogP contribution is -2.41. The molecule has 0 aliphatic carbocycles. The van der Waals surface area contributed by atoms with E-state index in [0.29, 0.717) is 38.9 Å². The van der Waals surface area contributed by atoms with E-state index in [2.05, 4.69) is 15.6 Å². The van der Waals surface area contributed by atoms with E-state index in [4.69, 9.17) is 9.47 Å². The quantitative estimate of drug-likeness (QED) is 0.330. The van der Waals surface area contributed by atoms with Gasteiger partial charge in [-0.1, -0.05) is 0 Å². The first-order valence-electron chi connectivity index (χ1n) is 6.40. The Bertz CT molecular complexity index is 270. The number of nitrogens with one attached hydrogen (secondary N) is 2. The summed E-state index contributed by atoms with van der Waals surface area (Å²) in [6.45, 7) is 5.20. The van der Waals surface area contributed by atoms with Crippen LogP contribution in [0.25, 0.3) is 0 Å². The number of ether oxygens (including phenoxy) is 2. The lowest BCUT2D eigenvalue weighted by atomic mass is 10.5. The average Bonchev–Trinajstić information content (AvgIpc) is 2.39. The molecule has 0 aromatic carbocycles. The van der Waals surface area contributed by atoms with E-state index >= 15 is 0 Å². The molecule has 0 aliphatic heterocycles. The highest BCUT2D eigenvalue weighted by Crippen LogP contribution is 1.82. The number of likely N-dealkylation sites (N-methyl/N-ethyl adjacent to an activating group) is 1. The van der Waals surface area contributed by atoms with Crippen LogP contribution in [0.1, 0.15) is 6.92 Å². The van der Waals surface area contributed by atoms with Crippen LogP contribution in [-0.4, -0.2) is 77.4 Å². The number of hydrogen-bond acceptors (Lipinski definition) is 4. The Morgan fingerprint density at radius 2 is 1.84 bits per heavy atom. The van der Waals surface area contributed by atoms with Crippen LogP contribution < -0.4 is 10.6 Å². The third kappa shape index (κ3) is 10.3. The summed E-state index contributed by atoms with van der Waals surface area (Å²) < 4.78 is 10.2. The number of methoxy groups -OCH3 is 1. The summed E-state index contributed by atoms with van der Waals surface area (Å²) in [4.78, 5) is 17.2. The van der Waals surface area contributed by atoms with Crippen molar-refractivity contribution in [1.29, 1.82) is 0 Å². The van der Waals surface area contributed by atoms with Gasteiger partial charge in [0.15, 0.2) is 5.96 Å². The second kappa shape index (κ2) is 11.7. The van der Waals surface area contributed by atoms with Gasteiger partial charge in [0.2, 0.25) is 5.91 Å². The first-order valence-corrected chi connectivity index (χ1v) is 6.40. The van der Waals surface area contributed by atoms with Crippen LogP contribution >= 0.6 is 0 Å². The minimum absolute atomic E-state index is 0.0438. The summed E-state index contributed by atoms with van der Waals surface area (Å²) in [6.07, 6.45) is 0. The van der Waals surface area contributed by atoms with Gasteiger partial charge in [0.05, 0.1) is 13.2 Å². The van der Waals surface area contributed by atoms with Crippen molar-refractivity contribution in [2.75, 3.05) is 60.7 Å². The smallest absolute Gasteiger partial charge is 0.243 e. The molecule has 0 saturated carbocycles.